The molecule has 1 heterocycles. The minimum absolute atomic E-state index is 0.227. The van der Waals surface area contributed by atoms with Crippen LogP contribution in [-0.4, -0.2) is 5.54 Å². The number of nitrogens with one attached hydrogen (secondary N) is 1. The van der Waals surface area contributed by atoms with Crippen LogP contribution in [-0.2, 0) is 0 Å². The van der Waals surface area contributed by atoms with Gasteiger partial charge in [0, 0.05) is 11.2 Å². The lowest BCUT2D eigenvalue weighted by Gasteiger charge is -2.36. The van der Waals surface area contributed by atoms with E-state index in [-0.39, 0.29) is 5.54 Å². The zero-order valence-electron chi connectivity index (χ0n) is 8.65. The van der Waals surface area contributed by atoms with Crippen LogP contribution < -0.4 is 5.32 Å². The fourth-order valence-electron chi connectivity index (χ4n) is 2.23. The first kappa shape index (κ1) is 8.61. The highest BCUT2D eigenvalue weighted by Crippen LogP contribution is 2.31. The third-order valence-electron chi connectivity index (χ3n) is 2.67. The van der Waals surface area contributed by atoms with Gasteiger partial charge in [0.2, 0.25) is 0 Å². The fraction of sp³-hybridized carbons (Fsp3) is 0.500. The molecule has 0 spiro atoms. The van der Waals surface area contributed by atoms with Crippen molar-refractivity contribution in [1.29, 1.82) is 0 Å². The monoisotopic (exact) mass is 175 g/mol. The van der Waals surface area contributed by atoms with Crippen LogP contribution in [0.15, 0.2) is 35.1 Å². The van der Waals surface area contributed by atoms with E-state index in [0.717, 1.165) is 12.8 Å². The first-order chi connectivity index (χ1) is 6.08. The van der Waals surface area contributed by atoms with Crippen molar-refractivity contribution in [2.24, 2.45) is 0 Å². The molecule has 1 heteroatoms. The Labute approximate surface area is 80.2 Å². The van der Waals surface area contributed by atoms with Crippen molar-refractivity contribution in [1.82, 2.24) is 5.32 Å². The maximum Gasteiger partial charge on any atom is 0.0379 e. The summed E-state index contributed by atoms with van der Waals surface area (Å²) < 4.78 is 0. The van der Waals surface area contributed by atoms with Crippen molar-refractivity contribution < 1.29 is 0 Å². The highest BCUT2D eigenvalue weighted by atomic mass is 15.0. The van der Waals surface area contributed by atoms with E-state index < -0.39 is 0 Å². The number of fused-ring (bicyclic) bond motifs is 1. The third-order valence-corrected chi connectivity index (χ3v) is 2.67. The molecule has 0 radical (unpaired) electrons. The summed E-state index contributed by atoms with van der Waals surface area (Å²) in [4.78, 5) is 0. The van der Waals surface area contributed by atoms with Crippen molar-refractivity contribution in [3.63, 3.8) is 0 Å². The summed E-state index contributed by atoms with van der Waals surface area (Å²) in [5.74, 6) is 0. The number of allylic oxidation sites excluding steroid dienone is 3. The first-order valence-electron chi connectivity index (χ1n) is 4.93. The van der Waals surface area contributed by atoms with Crippen LogP contribution in [0.4, 0.5) is 0 Å². The second-order valence-electron chi connectivity index (χ2n) is 4.64. The zero-order valence-corrected chi connectivity index (χ0v) is 8.65. The normalized spacial score (nSPS) is 25.0. The Bertz CT molecular complexity index is 316. The Hall–Kier alpha value is -0.980. The molecule has 2 rings (SSSR count). The van der Waals surface area contributed by atoms with Crippen molar-refractivity contribution in [3.8, 4) is 0 Å². The van der Waals surface area contributed by atoms with Crippen LogP contribution in [0.25, 0.3) is 0 Å². The summed E-state index contributed by atoms with van der Waals surface area (Å²) in [5.41, 5.74) is 4.47. The van der Waals surface area contributed by atoms with Crippen LogP contribution in [0.1, 0.15) is 33.6 Å². The highest BCUT2D eigenvalue weighted by molar-refractivity contribution is 5.48. The molecule has 0 saturated heterocycles. The molecule has 1 nitrogen and oxygen atoms in total. The van der Waals surface area contributed by atoms with Gasteiger partial charge in [-0.3, -0.25) is 0 Å². The van der Waals surface area contributed by atoms with Crippen LogP contribution in [0.5, 0.6) is 0 Å². The largest absolute Gasteiger partial charge is 0.380 e. The van der Waals surface area contributed by atoms with E-state index in [4.69, 9.17) is 0 Å². The lowest BCUT2D eigenvalue weighted by atomic mass is 9.85. The lowest BCUT2D eigenvalue weighted by molar-refractivity contribution is 0.411. The molecule has 1 aliphatic heterocycles. The molecule has 70 valence electrons. The van der Waals surface area contributed by atoms with Crippen LogP contribution >= 0.6 is 0 Å². The molecule has 0 saturated carbocycles. The second-order valence-corrected chi connectivity index (χ2v) is 4.64. The minimum Gasteiger partial charge on any atom is -0.380 e. The van der Waals surface area contributed by atoms with Gasteiger partial charge in [-0.15, -0.1) is 0 Å². The quantitative estimate of drug-likeness (QED) is 0.597. The minimum atomic E-state index is 0.227. The molecular formula is C12H17N. The second kappa shape index (κ2) is 2.76. The van der Waals surface area contributed by atoms with Gasteiger partial charge in [-0.1, -0.05) is 23.8 Å². The number of hydrogen-bond donors (Lipinski definition) is 1. The molecule has 0 atom stereocenters. The van der Waals surface area contributed by atoms with Gasteiger partial charge in [0.05, 0.1) is 0 Å². The Morgan fingerprint density at radius 2 is 2.15 bits per heavy atom. The zero-order chi connectivity index (χ0) is 9.47. The van der Waals surface area contributed by atoms with Gasteiger partial charge >= 0.3 is 0 Å². The molecule has 2 aliphatic rings. The van der Waals surface area contributed by atoms with E-state index >= 15 is 0 Å². The van der Waals surface area contributed by atoms with Gasteiger partial charge in [-0.05, 0) is 39.2 Å². The van der Waals surface area contributed by atoms with Gasteiger partial charge in [0.25, 0.3) is 0 Å². The standard InChI is InChI=1S/C12H17N/c1-9-8-12(2,3)13-11-7-5-4-6-10(9)11/h4,6-7,13H,5,8H2,1-3H3. The average Bonchev–Trinajstić information content (AvgIpc) is 2.02. The average molecular weight is 175 g/mol. The highest BCUT2D eigenvalue weighted by Gasteiger charge is 2.26. The van der Waals surface area contributed by atoms with Crippen molar-refractivity contribution in [2.75, 3.05) is 0 Å². The first-order valence-corrected chi connectivity index (χ1v) is 4.93. The molecule has 0 bridgehead atoms. The summed E-state index contributed by atoms with van der Waals surface area (Å²) in [5, 5.41) is 3.58. The van der Waals surface area contributed by atoms with Gasteiger partial charge in [0.15, 0.2) is 0 Å². The molecule has 1 N–H and O–H groups in total. The third kappa shape index (κ3) is 1.55. The predicted octanol–water partition coefficient (Wildman–Crippen LogP) is 2.92. The number of hydrogen-bond acceptors (Lipinski definition) is 1. The van der Waals surface area contributed by atoms with Crippen molar-refractivity contribution >= 4 is 0 Å². The summed E-state index contributed by atoms with van der Waals surface area (Å²) in [7, 11) is 0. The molecule has 0 aromatic carbocycles. The van der Waals surface area contributed by atoms with Crippen LogP contribution in [0, 0.1) is 0 Å². The van der Waals surface area contributed by atoms with Gasteiger partial charge in [0.1, 0.15) is 0 Å². The predicted molar refractivity (Wildman–Crippen MR) is 56.4 cm³/mol. The van der Waals surface area contributed by atoms with E-state index in [9.17, 15) is 0 Å². The Kier molecular flexibility index (Phi) is 1.83. The van der Waals surface area contributed by atoms with Crippen molar-refractivity contribution in [2.45, 2.75) is 39.2 Å². The summed E-state index contributed by atoms with van der Waals surface area (Å²) in [6.45, 7) is 6.75. The maximum absolute atomic E-state index is 3.58. The molecule has 0 aromatic heterocycles. The summed E-state index contributed by atoms with van der Waals surface area (Å²) >= 11 is 0. The van der Waals surface area contributed by atoms with Gasteiger partial charge < -0.3 is 5.32 Å². The molecule has 0 unspecified atom stereocenters. The van der Waals surface area contributed by atoms with Crippen LogP contribution in [0.3, 0.4) is 0 Å². The Balaban J connectivity index is 2.41. The van der Waals surface area contributed by atoms with E-state index in [2.05, 4.69) is 44.3 Å². The fourth-order valence-corrected chi connectivity index (χ4v) is 2.23. The topological polar surface area (TPSA) is 12.0 Å². The number of rotatable bonds is 0. The van der Waals surface area contributed by atoms with Gasteiger partial charge in [-0.2, -0.15) is 0 Å². The van der Waals surface area contributed by atoms with E-state index in [1.54, 1.807) is 0 Å². The molecule has 13 heavy (non-hydrogen) atoms. The molecular weight excluding hydrogens is 158 g/mol. The van der Waals surface area contributed by atoms with E-state index in [0.29, 0.717) is 0 Å². The van der Waals surface area contributed by atoms with Gasteiger partial charge in [-0.25, -0.2) is 0 Å². The van der Waals surface area contributed by atoms with E-state index in [1.807, 2.05) is 0 Å². The lowest BCUT2D eigenvalue weighted by Crippen LogP contribution is -2.42. The SMILES string of the molecule is CC1=C2C=CCC=C2NC(C)(C)C1. The summed E-state index contributed by atoms with van der Waals surface area (Å²) in [6.07, 6.45) is 8.95. The van der Waals surface area contributed by atoms with Crippen LogP contribution in [0.2, 0.25) is 0 Å². The molecule has 1 aliphatic carbocycles. The Morgan fingerprint density at radius 1 is 1.38 bits per heavy atom. The molecule has 0 fully saturated rings. The summed E-state index contributed by atoms with van der Waals surface area (Å²) in [6, 6.07) is 0. The maximum atomic E-state index is 3.58. The smallest absolute Gasteiger partial charge is 0.0379 e. The molecule has 0 aromatic rings. The van der Waals surface area contributed by atoms with E-state index in [1.165, 1.54) is 16.8 Å². The molecule has 0 amide bonds. The Morgan fingerprint density at radius 3 is 2.92 bits per heavy atom. The van der Waals surface area contributed by atoms with Crippen molar-refractivity contribution in [3.05, 3.63) is 35.1 Å².